The molecule has 0 atom stereocenters. The number of nitrogens with zero attached hydrogens (tertiary/aromatic N) is 3. The summed E-state index contributed by atoms with van der Waals surface area (Å²) in [5, 5.41) is 8.28. The van der Waals surface area contributed by atoms with Gasteiger partial charge >= 0.3 is 0 Å². The lowest BCUT2D eigenvalue weighted by Gasteiger charge is -2.15. The molecule has 25 heavy (non-hydrogen) atoms. The van der Waals surface area contributed by atoms with Crippen molar-refractivity contribution in [3.05, 3.63) is 29.4 Å². The highest BCUT2D eigenvalue weighted by atomic mass is 32.1. The van der Waals surface area contributed by atoms with E-state index in [0.29, 0.717) is 16.0 Å². The van der Waals surface area contributed by atoms with Crippen molar-refractivity contribution in [2.24, 2.45) is 5.41 Å². The number of rotatable bonds is 4. The number of carbonyl (C=O) groups is 2. The van der Waals surface area contributed by atoms with E-state index in [4.69, 9.17) is 0 Å². The van der Waals surface area contributed by atoms with Crippen LogP contribution in [0.2, 0.25) is 0 Å². The second-order valence-corrected chi connectivity index (χ2v) is 8.26. The van der Waals surface area contributed by atoms with E-state index in [1.54, 1.807) is 17.6 Å². The zero-order chi connectivity index (χ0) is 18.0. The van der Waals surface area contributed by atoms with Crippen LogP contribution in [0.15, 0.2) is 23.7 Å². The van der Waals surface area contributed by atoms with Gasteiger partial charge in [0.1, 0.15) is 10.3 Å². The van der Waals surface area contributed by atoms with Crippen LogP contribution in [-0.4, -0.2) is 26.8 Å². The zero-order valence-electron chi connectivity index (χ0n) is 14.0. The Kier molecular flexibility index (Phi) is 4.78. The summed E-state index contributed by atoms with van der Waals surface area (Å²) in [6.45, 7) is 5.49. The Labute approximate surface area is 152 Å². The number of thiazole rings is 2. The van der Waals surface area contributed by atoms with Gasteiger partial charge in [-0.3, -0.25) is 9.59 Å². The van der Waals surface area contributed by atoms with Gasteiger partial charge in [0.25, 0.3) is 0 Å². The number of anilines is 2. The van der Waals surface area contributed by atoms with Crippen molar-refractivity contribution >= 4 is 55.1 Å². The Bertz CT molecular complexity index is 893. The number of pyridine rings is 1. The number of carbonyl (C=O) groups excluding carboxylic acids is 2. The molecule has 0 fully saturated rings. The fourth-order valence-electron chi connectivity index (χ4n) is 1.88. The molecule has 3 aromatic rings. The first-order valence-corrected chi connectivity index (χ1v) is 9.28. The van der Waals surface area contributed by atoms with Crippen LogP contribution in [0.5, 0.6) is 0 Å². The monoisotopic (exact) mass is 375 g/mol. The molecule has 0 aliphatic rings. The number of hydrogen-bond donors (Lipinski definition) is 2. The summed E-state index contributed by atoms with van der Waals surface area (Å²) in [6, 6.07) is 3.65. The summed E-state index contributed by atoms with van der Waals surface area (Å²) in [7, 11) is 0. The smallest absolute Gasteiger partial charge is 0.232 e. The average molecular weight is 375 g/mol. The molecule has 0 saturated heterocycles. The van der Waals surface area contributed by atoms with Gasteiger partial charge in [-0.1, -0.05) is 32.1 Å². The van der Waals surface area contributed by atoms with Crippen LogP contribution in [0.1, 0.15) is 26.5 Å². The van der Waals surface area contributed by atoms with Crippen LogP contribution in [0.3, 0.4) is 0 Å². The number of hydrogen-bond acceptors (Lipinski definition) is 7. The SMILES string of the molecule is CC(C)(C)C(=O)Nc1nc(CC(=O)Nc2nc3cccnc3s2)cs1. The lowest BCUT2D eigenvalue weighted by Crippen LogP contribution is -2.27. The zero-order valence-corrected chi connectivity index (χ0v) is 15.6. The molecule has 2 amide bonds. The molecule has 0 spiro atoms. The van der Waals surface area contributed by atoms with Crippen LogP contribution in [0, 0.1) is 5.41 Å². The second kappa shape index (κ2) is 6.85. The number of fused-ring (bicyclic) bond motifs is 1. The van der Waals surface area contributed by atoms with Crippen LogP contribution < -0.4 is 10.6 Å². The third-order valence-electron chi connectivity index (χ3n) is 3.21. The van der Waals surface area contributed by atoms with Gasteiger partial charge in [-0.15, -0.1) is 11.3 Å². The molecule has 3 heterocycles. The second-order valence-electron chi connectivity index (χ2n) is 6.42. The Morgan fingerprint density at radius 2 is 1.96 bits per heavy atom. The first-order valence-electron chi connectivity index (χ1n) is 7.58. The fourth-order valence-corrected chi connectivity index (χ4v) is 3.41. The minimum absolute atomic E-state index is 0.111. The molecular weight excluding hydrogens is 358 g/mol. The Balaban J connectivity index is 1.60. The van der Waals surface area contributed by atoms with Crippen LogP contribution in [-0.2, 0) is 16.0 Å². The molecule has 3 rings (SSSR count). The van der Waals surface area contributed by atoms with Gasteiger partial charge in [0.2, 0.25) is 11.8 Å². The van der Waals surface area contributed by atoms with Crippen molar-refractivity contribution in [1.29, 1.82) is 0 Å². The molecule has 0 aliphatic heterocycles. The lowest BCUT2D eigenvalue weighted by molar-refractivity contribution is -0.123. The van der Waals surface area contributed by atoms with Crippen LogP contribution >= 0.6 is 22.7 Å². The van der Waals surface area contributed by atoms with Crippen molar-refractivity contribution in [1.82, 2.24) is 15.0 Å². The molecule has 2 N–H and O–H groups in total. The van der Waals surface area contributed by atoms with Gasteiger partial charge in [0.05, 0.1) is 12.1 Å². The van der Waals surface area contributed by atoms with Gasteiger partial charge in [0, 0.05) is 17.0 Å². The lowest BCUT2D eigenvalue weighted by atomic mass is 9.96. The Hall–Kier alpha value is -2.39. The van der Waals surface area contributed by atoms with E-state index in [2.05, 4.69) is 25.6 Å². The molecule has 0 saturated carbocycles. The van der Waals surface area contributed by atoms with Crippen LogP contribution in [0.4, 0.5) is 10.3 Å². The maximum atomic E-state index is 12.2. The van der Waals surface area contributed by atoms with E-state index in [9.17, 15) is 9.59 Å². The third-order valence-corrected chi connectivity index (χ3v) is 4.91. The standard InChI is InChI=1S/C16H17N5O2S2/c1-16(2,3)13(23)21-14-18-9(8-24-14)7-11(22)20-15-19-10-5-4-6-17-12(10)25-15/h4-6,8H,7H2,1-3H3,(H,18,21,23)(H,19,20,22). The summed E-state index contributed by atoms with van der Waals surface area (Å²) >= 11 is 2.62. The van der Waals surface area contributed by atoms with E-state index in [-0.39, 0.29) is 18.2 Å². The number of amides is 2. The molecule has 0 aliphatic carbocycles. The van der Waals surface area contributed by atoms with Crippen molar-refractivity contribution < 1.29 is 9.59 Å². The molecule has 7 nitrogen and oxygen atoms in total. The van der Waals surface area contributed by atoms with Gasteiger partial charge in [0.15, 0.2) is 10.3 Å². The minimum atomic E-state index is -0.496. The van der Waals surface area contributed by atoms with Crippen molar-refractivity contribution in [2.45, 2.75) is 27.2 Å². The Morgan fingerprint density at radius 3 is 2.68 bits per heavy atom. The number of aromatic nitrogens is 3. The van der Waals surface area contributed by atoms with E-state index in [1.807, 2.05) is 26.8 Å². The summed E-state index contributed by atoms with van der Waals surface area (Å²) in [5.41, 5.74) is 0.860. The molecule has 3 aromatic heterocycles. The van der Waals surface area contributed by atoms with Gasteiger partial charge in [-0.25, -0.2) is 15.0 Å². The predicted octanol–water partition coefficient (Wildman–Crippen LogP) is 3.31. The van der Waals surface area contributed by atoms with Crippen molar-refractivity contribution in [3.8, 4) is 0 Å². The minimum Gasteiger partial charge on any atom is -0.302 e. The predicted molar refractivity (Wildman–Crippen MR) is 99.9 cm³/mol. The highest BCUT2D eigenvalue weighted by Gasteiger charge is 2.22. The van der Waals surface area contributed by atoms with E-state index < -0.39 is 5.41 Å². The Morgan fingerprint density at radius 1 is 1.16 bits per heavy atom. The number of nitrogens with one attached hydrogen (secondary N) is 2. The van der Waals surface area contributed by atoms with Crippen LogP contribution in [0.25, 0.3) is 10.3 Å². The van der Waals surface area contributed by atoms with E-state index >= 15 is 0 Å². The summed E-state index contributed by atoms with van der Waals surface area (Å²) in [5.74, 6) is -0.321. The van der Waals surface area contributed by atoms with E-state index in [0.717, 1.165) is 10.3 Å². The normalized spacial score (nSPS) is 11.5. The fraction of sp³-hybridized carbons (Fsp3) is 0.312. The van der Waals surface area contributed by atoms with Gasteiger partial charge in [-0.05, 0) is 12.1 Å². The molecule has 9 heteroatoms. The molecule has 0 aromatic carbocycles. The maximum Gasteiger partial charge on any atom is 0.232 e. The molecule has 130 valence electrons. The molecular formula is C16H17N5O2S2. The molecule has 0 radical (unpaired) electrons. The van der Waals surface area contributed by atoms with Gasteiger partial charge in [-0.2, -0.15) is 0 Å². The van der Waals surface area contributed by atoms with Crippen molar-refractivity contribution in [3.63, 3.8) is 0 Å². The largest absolute Gasteiger partial charge is 0.302 e. The first kappa shape index (κ1) is 17.4. The maximum absolute atomic E-state index is 12.2. The summed E-state index contributed by atoms with van der Waals surface area (Å²) < 4.78 is 0. The quantitative estimate of drug-likeness (QED) is 0.729. The molecule has 0 bridgehead atoms. The molecule has 0 unspecified atom stereocenters. The highest BCUT2D eigenvalue weighted by molar-refractivity contribution is 7.21. The van der Waals surface area contributed by atoms with Crippen molar-refractivity contribution in [2.75, 3.05) is 10.6 Å². The highest BCUT2D eigenvalue weighted by Crippen LogP contribution is 2.24. The average Bonchev–Trinajstić information content (AvgIpc) is 3.12. The third kappa shape index (κ3) is 4.37. The van der Waals surface area contributed by atoms with E-state index in [1.165, 1.54) is 22.7 Å². The summed E-state index contributed by atoms with van der Waals surface area (Å²) in [6.07, 6.45) is 1.81. The first-order chi connectivity index (χ1) is 11.8. The summed E-state index contributed by atoms with van der Waals surface area (Å²) in [4.78, 5) is 37.7. The topological polar surface area (TPSA) is 96.9 Å². The van der Waals surface area contributed by atoms with Gasteiger partial charge < -0.3 is 10.6 Å².